The third kappa shape index (κ3) is 22.7. The van der Waals surface area contributed by atoms with Crippen molar-refractivity contribution in [2.45, 2.75) is 204 Å². The van der Waals surface area contributed by atoms with E-state index in [1.165, 1.54) is 64.2 Å². The summed E-state index contributed by atoms with van der Waals surface area (Å²) in [5, 5.41) is 49.9. The van der Waals surface area contributed by atoms with Crippen LogP contribution in [0.25, 0.3) is 0 Å². The number of ether oxygens (including phenoxy) is 2. The van der Waals surface area contributed by atoms with Crippen LogP contribution < -0.4 is 0 Å². The highest BCUT2D eigenvalue weighted by Crippen LogP contribution is 2.47. The summed E-state index contributed by atoms with van der Waals surface area (Å²) in [6.45, 7) is 3.22. The summed E-state index contributed by atoms with van der Waals surface area (Å²) in [6.07, 6.45) is 14.4. The first kappa shape index (κ1) is 48.6. The minimum atomic E-state index is -5.10. The second-order valence-electron chi connectivity index (χ2n) is 14.1. The average molecular weight is 767 g/mol. The quantitative estimate of drug-likeness (QED) is 0.0192. The lowest BCUT2D eigenvalue weighted by Crippen LogP contribution is -2.64. The molecule has 52 heavy (non-hydrogen) atoms. The molecule has 14 heteroatoms. The first-order valence-electron chi connectivity index (χ1n) is 20.0. The minimum Gasteiger partial charge on any atom is -0.462 e. The van der Waals surface area contributed by atoms with E-state index < -0.39 is 75.7 Å². The SMILES string of the molecule is CCCCCCCC/C=C/CCCCCCCC(=O)O[C@H](COC(=O)CCCCCCCCCC)COP(=O)(O)OC1C(O)C(O)C(O)[C@@H](O)C1O. The predicted octanol–water partition coefficient (Wildman–Crippen LogP) is 6.33. The molecule has 1 aliphatic rings. The van der Waals surface area contributed by atoms with E-state index in [2.05, 4.69) is 26.0 Å². The van der Waals surface area contributed by atoms with Gasteiger partial charge in [0.25, 0.3) is 0 Å². The number of rotatable bonds is 32. The lowest BCUT2D eigenvalue weighted by Gasteiger charge is -2.41. The van der Waals surface area contributed by atoms with Crippen molar-refractivity contribution >= 4 is 19.8 Å². The van der Waals surface area contributed by atoms with Gasteiger partial charge < -0.3 is 39.9 Å². The summed E-state index contributed by atoms with van der Waals surface area (Å²) in [6, 6.07) is 0. The molecule has 0 heterocycles. The second kappa shape index (κ2) is 29.9. The Hall–Kier alpha value is -1.41. The van der Waals surface area contributed by atoms with Crippen molar-refractivity contribution in [1.29, 1.82) is 0 Å². The van der Waals surface area contributed by atoms with Gasteiger partial charge in [-0.1, -0.05) is 122 Å². The summed E-state index contributed by atoms with van der Waals surface area (Å²) in [5.41, 5.74) is 0. The number of hydrogen-bond acceptors (Lipinski definition) is 12. The first-order valence-corrected chi connectivity index (χ1v) is 21.5. The van der Waals surface area contributed by atoms with E-state index >= 15 is 0 Å². The van der Waals surface area contributed by atoms with Crippen molar-refractivity contribution in [3.05, 3.63) is 12.2 Å². The number of aliphatic hydroxyl groups excluding tert-OH is 5. The van der Waals surface area contributed by atoms with Crippen molar-refractivity contribution in [3.8, 4) is 0 Å². The van der Waals surface area contributed by atoms with Gasteiger partial charge in [-0.05, 0) is 38.5 Å². The molecule has 0 spiro atoms. The van der Waals surface area contributed by atoms with Gasteiger partial charge in [0, 0.05) is 12.8 Å². The zero-order valence-corrected chi connectivity index (χ0v) is 32.8. The number of aliphatic hydroxyl groups is 5. The van der Waals surface area contributed by atoms with Gasteiger partial charge in [0.1, 0.15) is 43.2 Å². The summed E-state index contributed by atoms with van der Waals surface area (Å²) in [4.78, 5) is 35.4. The molecule has 1 saturated carbocycles. The van der Waals surface area contributed by atoms with Crippen molar-refractivity contribution in [3.63, 3.8) is 0 Å². The molecule has 306 valence electrons. The van der Waals surface area contributed by atoms with Crippen LogP contribution in [0.15, 0.2) is 12.2 Å². The molecule has 13 nitrogen and oxygen atoms in total. The number of hydrogen-bond donors (Lipinski definition) is 6. The van der Waals surface area contributed by atoms with Crippen LogP contribution in [0.3, 0.4) is 0 Å². The largest absolute Gasteiger partial charge is 0.472 e. The molecule has 0 aromatic carbocycles. The third-order valence-electron chi connectivity index (χ3n) is 9.36. The molecular weight excluding hydrogens is 695 g/mol. The zero-order valence-electron chi connectivity index (χ0n) is 31.9. The van der Waals surface area contributed by atoms with Crippen molar-refractivity contribution in [2.75, 3.05) is 13.2 Å². The molecule has 6 N–H and O–H groups in total. The van der Waals surface area contributed by atoms with Gasteiger partial charge in [-0.15, -0.1) is 0 Å². The predicted molar refractivity (Wildman–Crippen MR) is 198 cm³/mol. The Bertz CT molecular complexity index is 980. The fraction of sp³-hybridized carbons (Fsp3) is 0.895. The topological polar surface area (TPSA) is 210 Å². The van der Waals surface area contributed by atoms with E-state index in [0.717, 1.165) is 57.8 Å². The first-order chi connectivity index (χ1) is 24.9. The maximum atomic E-state index is 12.7. The van der Waals surface area contributed by atoms with Gasteiger partial charge in [0.05, 0.1) is 6.61 Å². The van der Waals surface area contributed by atoms with Gasteiger partial charge in [0.2, 0.25) is 0 Å². The Kier molecular flexibility index (Phi) is 27.9. The summed E-state index contributed by atoms with van der Waals surface area (Å²) in [5.74, 6) is -1.11. The molecule has 8 atom stereocenters. The van der Waals surface area contributed by atoms with Crippen LogP contribution >= 0.6 is 7.82 Å². The van der Waals surface area contributed by atoms with Gasteiger partial charge in [-0.3, -0.25) is 18.6 Å². The summed E-state index contributed by atoms with van der Waals surface area (Å²) >= 11 is 0. The van der Waals surface area contributed by atoms with Gasteiger partial charge in [-0.25, -0.2) is 4.57 Å². The van der Waals surface area contributed by atoms with Crippen molar-refractivity contribution < 1.29 is 63.1 Å². The molecule has 0 bridgehead atoms. The highest BCUT2D eigenvalue weighted by Gasteiger charge is 2.51. The number of esters is 2. The highest BCUT2D eigenvalue weighted by molar-refractivity contribution is 7.47. The van der Waals surface area contributed by atoms with Crippen LogP contribution in [-0.2, 0) is 32.7 Å². The van der Waals surface area contributed by atoms with Gasteiger partial charge in [-0.2, -0.15) is 0 Å². The van der Waals surface area contributed by atoms with E-state index in [9.17, 15) is 44.6 Å². The minimum absolute atomic E-state index is 0.0900. The highest BCUT2D eigenvalue weighted by atomic mass is 31.2. The molecule has 0 aromatic heterocycles. The number of phosphoric ester groups is 1. The van der Waals surface area contributed by atoms with Crippen LogP contribution in [0.5, 0.6) is 0 Å². The normalized spacial score (nSPS) is 23.8. The Morgan fingerprint density at radius 1 is 0.577 bits per heavy atom. The molecule has 1 fully saturated rings. The van der Waals surface area contributed by atoms with Crippen molar-refractivity contribution in [2.24, 2.45) is 0 Å². The monoisotopic (exact) mass is 766 g/mol. The number of phosphoric acid groups is 1. The molecule has 6 unspecified atom stereocenters. The number of carbonyl (C=O) groups excluding carboxylic acids is 2. The lowest BCUT2D eigenvalue weighted by atomic mass is 9.85. The Morgan fingerprint density at radius 3 is 1.46 bits per heavy atom. The van der Waals surface area contributed by atoms with E-state index in [4.69, 9.17) is 18.5 Å². The Morgan fingerprint density at radius 2 is 0.981 bits per heavy atom. The number of allylic oxidation sites excluding steroid dienone is 2. The lowest BCUT2D eigenvalue weighted by molar-refractivity contribution is -0.220. The number of unbranched alkanes of at least 4 members (excludes halogenated alkanes) is 18. The molecule has 0 radical (unpaired) electrons. The molecule has 0 saturated heterocycles. The van der Waals surface area contributed by atoms with Gasteiger partial charge >= 0.3 is 19.8 Å². The molecule has 0 aliphatic heterocycles. The van der Waals surface area contributed by atoms with Crippen LogP contribution in [0.2, 0.25) is 0 Å². The summed E-state index contributed by atoms with van der Waals surface area (Å²) in [7, 11) is -5.10. The molecule has 1 aliphatic carbocycles. The van der Waals surface area contributed by atoms with E-state index in [1.54, 1.807) is 0 Å². The van der Waals surface area contributed by atoms with E-state index in [-0.39, 0.29) is 12.8 Å². The zero-order chi connectivity index (χ0) is 38.6. The van der Waals surface area contributed by atoms with Crippen LogP contribution in [0.4, 0.5) is 0 Å². The van der Waals surface area contributed by atoms with Crippen molar-refractivity contribution in [1.82, 2.24) is 0 Å². The van der Waals surface area contributed by atoms with E-state index in [0.29, 0.717) is 12.8 Å². The van der Waals surface area contributed by atoms with Crippen LogP contribution in [0, 0.1) is 0 Å². The maximum Gasteiger partial charge on any atom is 0.472 e. The maximum absolute atomic E-state index is 12.7. The summed E-state index contributed by atoms with van der Waals surface area (Å²) < 4.78 is 33.3. The molecule has 1 rings (SSSR count). The number of carbonyl (C=O) groups is 2. The standard InChI is InChI=1S/C38H71O13P/c1-3-5-7-9-11-13-14-15-16-17-18-19-21-23-25-27-32(40)50-30(28-48-31(39)26-24-22-20-12-10-8-6-4-2)29-49-52(46,47)51-38-36(44)34(42)33(41)35(43)37(38)45/h15-16,30,33-38,41-45H,3-14,17-29H2,1-2H3,(H,46,47)/b16-15+/t30-,33?,34-,35?,36?,37?,38?/m1/s1. The molecule has 0 aromatic rings. The molecular formula is C38H71O13P. The second-order valence-corrected chi connectivity index (χ2v) is 15.5. The van der Waals surface area contributed by atoms with Gasteiger partial charge in [0.15, 0.2) is 6.10 Å². The third-order valence-corrected chi connectivity index (χ3v) is 10.3. The van der Waals surface area contributed by atoms with E-state index in [1.807, 2.05) is 0 Å². The average Bonchev–Trinajstić information content (AvgIpc) is 3.12. The Labute approximate surface area is 312 Å². The molecule has 0 amide bonds. The fourth-order valence-electron chi connectivity index (χ4n) is 6.05. The van der Waals surface area contributed by atoms with Crippen LogP contribution in [-0.4, -0.2) is 98.3 Å². The fourth-order valence-corrected chi connectivity index (χ4v) is 7.02. The smallest absolute Gasteiger partial charge is 0.462 e. The van der Waals surface area contributed by atoms with Crippen LogP contribution in [0.1, 0.15) is 162 Å². The Balaban J connectivity index is 2.52.